The van der Waals surface area contributed by atoms with E-state index in [9.17, 15) is 0 Å². The summed E-state index contributed by atoms with van der Waals surface area (Å²) in [5, 5.41) is 1.95. The first-order valence-electron chi connectivity index (χ1n) is 16.6. The quantitative estimate of drug-likeness (QED) is 0.173. The van der Waals surface area contributed by atoms with Crippen LogP contribution in [0.4, 0.5) is 17.1 Å². The molecule has 0 N–H and O–H groups in total. The van der Waals surface area contributed by atoms with Crippen LogP contribution < -0.4 is 4.90 Å². The van der Waals surface area contributed by atoms with Crippen LogP contribution in [0.5, 0.6) is 0 Å². The number of furan rings is 1. The van der Waals surface area contributed by atoms with Crippen molar-refractivity contribution in [2.24, 2.45) is 0 Å². The smallest absolute Gasteiger partial charge is 0.164 e. The predicted octanol–water partition coefficient (Wildman–Crippen LogP) is 11.9. The van der Waals surface area contributed by atoms with Gasteiger partial charge in [-0.25, -0.2) is 15.0 Å². The number of benzene rings is 7. The summed E-state index contributed by atoms with van der Waals surface area (Å²) in [6, 6.07) is 62.0. The lowest BCUT2D eigenvalue weighted by atomic mass is 10.0. The van der Waals surface area contributed by atoms with Gasteiger partial charge in [0.25, 0.3) is 0 Å². The summed E-state index contributed by atoms with van der Waals surface area (Å²) in [4.78, 5) is 17.4. The van der Waals surface area contributed by atoms with Crippen LogP contribution in [-0.2, 0) is 0 Å². The molecule has 2 aromatic heterocycles. The molecule has 0 spiro atoms. The Morgan fingerprint density at radius 1 is 0.380 bits per heavy atom. The van der Waals surface area contributed by atoms with Crippen molar-refractivity contribution in [2.75, 3.05) is 4.90 Å². The molecule has 0 atom stereocenters. The van der Waals surface area contributed by atoms with Crippen molar-refractivity contribution in [3.05, 3.63) is 182 Å². The molecule has 0 radical (unpaired) electrons. The van der Waals surface area contributed by atoms with Gasteiger partial charge in [-0.2, -0.15) is 0 Å². The molecule has 2 heterocycles. The number of para-hydroxylation sites is 3. The van der Waals surface area contributed by atoms with Crippen molar-refractivity contribution in [1.29, 1.82) is 0 Å². The largest absolute Gasteiger partial charge is 0.454 e. The summed E-state index contributed by atoms with van der Waals surface area (Å²) < 4.78 is 6.74. The van der Waals surface area contributed by atoms with Crippen LogP contribution in [0.2, 0.25) is 0 Å². The lowest BCUT2D eigenvalue weighted by molar-refractivity contribution is 0.669. The lowest BCUT2D eigenvalue weighted by Gasteiger charge is -2.25. The fourth-order valence-corrected chi connectivity index (χ4v) is 6.56. The van der Waals surface area contributed by atoms with Crippen molar-refractivity contribution in [2.45, 2.75) is 0 Å². The minimum absolute atomic E-state index is 0.586. The number of hydrogen-bond donors (Lipinski definition) is 0. The van der Waals surface area contributed by atoms with E-state index >= 15 is 0 Å². The third-order valence-corrected chi connectivity index (χ3v) is 8.93. The summed E-state index contributed by atoms with van der Waals surface area (Å²) in [5.41, 5.74) is 9.60. The summed E-state index contributed by atoms with van der Waals surface area (Å²) in [7, 11) is 0. The van der Waals surface area contributed by atoms with Gasteiger partial charge in [0.2, 0.25) is 0 Å². The predicted molar refractivity (Wildman–Crippen MR) is 204 cm³/mol. The molecule has 7 aromatic carbocycles. The van der Waals surface area contributed by atoms with E-state index in [0.717, 1.165) is 66.8 Å². The number of aromatic nitrogens is 3. The average Bonchev–Trinajstić information content (AvgIpc) is 3.59. The third-order valence-electron chi connectivity index (χ3n) is 8.93. The molecule has 0 aliphatic carbocycles. The molecule has 0 aliphatic heterocycles. The first-order valence-corrected chi connectivity index (χ1v) is 16.6. The Bertz CT molecular complexity index is 2530. The highest BCUT2D eigenvalue weighted by atomic mass is 16.3. The van der Waals surface area contributed by atoms with Crippen LogP contribution in [0.15, 0.2) is 186 Å². The third kappa shape index (κ3) is 5.37. The van der Waals surface area contributed by atoms with Gasteiger partial charge in [0.05, 0.1) is 5.69 Å². The highest BCUT2D eigenvalue weighted by Crippen LogP contribution is 2.44. The van der Waals surface area contributed by atoms with E-state index < -0.39 is 0 Å². The van der Waals surface area contributed by atoms with Crippen molar-refractivity contribution >= 4 is 39.0 Å². The van der Waals surface area contributed by atoms with Gasteiger partial charge in [-0.15, -0.1) is 0 Å². The highest BCUT2D eigenvalue weighted by Gasteiger charge is 2.22. The fraction of sp³-hybridized carbons (Fsp3) is 0. The Balaban J connectivity index is 1.23. The van der Waals surface area contributed by atoms with E-state index in [1.807, 2.05) is 60.7 Å². The molecule has 0 unspecified atom stereocenters. The first-order chi connectivity index (χ1) is 24.8. The maximum Gasteiger partial charge on any atom is 0.164 e. The number of hydrogen-bond acceptors (Lipinski definition) is 5. The summed E-state index contributed by atoms with van der Waals surface area (Å²) in [6.07, 6.45) is 0. The summed E-state index contributed by atoms with van der Waals surface area (Å²) in [5.74, 6) is 1.81. The second-order valence-electron chi connectivity index (χ2n) is 12.1. The first kappa shape index (κ1) is 29.3. The average molecular weight is 643 g/mol. The van der Waals surface area contributed by atoms with E-state index in [2.05, 4.69) is 126 Å². The molecule has 9 rings (SSSR count). The standard InChI is InChI=1S/C45H30N4O/c1-5-15-31(16-6-1)32-27-29-34(30-28-32)44-46-43(33-17-7-2-8-18-33)47-45(48-44)38-24-14-26-40-41(38)37-23-13-25-39(42(37)50-40)49(35-19-9-3-10-20-35)36-21-11-4-12-22-36/h1-30H. The summed E-state index contributed by atoms with van der Waals surface area (Å²) in [6.45, 7) is 0. The van der Waals surface area contributed by atoms with E-state index in [1.54, 1.807) is 0 Å². The Morgan fingerprint density at radius 3 is 1.48 bits per heavy atom. The van der Waals surface area contributed by atoms with Crippen LogP contribution in [-0.4, -0.2) is 15.0 Å². The molecule has 5 nitrogen and oxygen atoms in total. The Hall–Kier alpha value is -6.85. The molecule has 0 saturated carbocycles. The number of anilines is 3. The molecule has 0 bridgehead atoms. The lowest BCUT2D eigenvalue weighted by Crippen LogP contribution is -2.09. The molecular weight excluding hydrogens is 613 g/mol. The van der Waals surface area contributed by atoms with Crippen molar-refractivity contribution in [3.8, 4) is 45.3 Å². The van der Waals surface area contributed by atoms with Gasteiger partial charge in [-0.3, -0.25) is 0 Å². The molecule has 50 heavy (non-hydrogen) atoms. The SMILES string of the molecule is c1ccc(-c2ccc(-c3nc(-c4ccccc4)nc(-c4cccc5oc6c(N(c7ccccc7)c7ccccc7)cccc6c45)n3)cc2)cc1. The molecule has 0 saturated heterocycles. The minimum atomic E-state index is 0.586. The van der Waals surface area contributed by atoms with Gasteiger partial charge >= 0.3 is 0 Å². The van der Waals surface area contributed by atoms with E-state index in [4.69, 9.17) is 19.4 Å². The van der Waals surface area contributed by atoms with Gasteiger partial charge in [-0.05, 0) is 47.5 Å². The number of fused-ring (bicyclic) bond motifs is 3. The minimum Gasteiger partial charge on any atom is -0.454 e. The van der Waals surface area contributed by atoms with Gasteiger partial charge in [0.1, 0.15) is 5.58 Å². The second kappa shape index (κ2) is 12.6. The van der Waals surface area contributed by atoms with Crippen LogP contribution in [0, 0.1) is 0 Å². The van der Waals surface area contributed by atoms with Crippen LogP contribution >= 0.6 is 0 Å². The van der Waals surface area contributed by atoms with Gasteiger partial charge in [-0.1, -0.05) is 146 Å². The second-order valence-corrected chi connectivity index (χ2v) is 12.1. The molecule has 0 fully saturated rings. The van der Waals surface area contributed by atoms with Gasteiger partial charge in [0.15, 0.2) is 23.1 Å². The summed E-state index contributed by atoms with van der Waals surface area (Å²) >= 11 is 0. The van der Waals surface area contributed by atoms with Gasteiger partial charge in [0, 0.05) is 38.8 Å². The molecule has 5 heteroatoms. The van der Waals surface area contributed by atoms with E-state index in [1.165, 1.54) is 0 Å². The number of rotatable bonds is 7. The van der Waals surface area contributed by atoms with Crippen LogP contribution in [0.1, 0.15) is 0 Å². The van der Waals surface area contributed by atoms with Crippen molar-refractivity contribution < 1.29 is 4.42 Å². The number of nitrogens with zero attached hydrogens (tertiary/aromatic N) is 4. The molecular formula is C45H30N4O. The normalized spacial score (nSPS) is 11.2. The zero-order valence-electron chi connectivity index (χ0n) is 27.0. The maximum atomic E-state index is 6.74. The Kier molecular flexibility index (Phi) is 7.41. The monoisotopic (exact) mass is 642 g/mol. The molecule has 9 aromatic rings. The van der Waals surface area contributed by atoms with Crippen LogP contribution in [0.3, 0.4) is 0 Å². The molecule has 0 amide bonds. The Morgan fingerprint density at radius 2 is 0.860 bits per heavy atom. The fourth-order valence-electron chi connectivity index (χ4n) is 6.56. The van der Waals surface area contributed by atoms with E-state index in [-0.39, 0.29) is 0 Å². The van der Waals surface area contributed by atoms with Crippen molar-refractivity contribution in [3.63, 3.8) is 0 Å². The highest BCUT2D eigenvalue weighted by molar-refractivity contribution is 6.15. The van der Waals surface area contributed by atoms with Gasteiger partial charge < -0.3 is 9.32 Å². The van der Waals surface area contributed by atoms with E-state index in [0.29, 0.717) is 17.5 Å². The Labute approximate surface area is 289 Å². The van der Waals surface area contributed by atoms with Crippen molar-refractivity contribution in [1.82, 2.24) is 15.0 Å². The maximum absolute atomic E-state index is 6.74. The molecule has 236 valence electrons. The topological polar surface area (TPSA) is 55.1 Å². The zero-order chi connectivity index (χ0) is 33.3. The zero-order valence-corrected chi connectivity index (χ0v) is 27.0. The molecule has 0 aliphatic rings. The van der Waals surface area contributed by atoms with Crippen LogP contribution in [0.25, 0.3) is 67.2 Å².